The fraction of sp³-hybridized carbons (Fsp3) is 0.667. The average Bonchev–Trinajstić information content (AvgIpc) is 3.00. The van der Waals surface area contributed by atoms with Crippen LogP contribution >= 0.6 is 0 Å². The molecule has 140 valence electrons. The van der Waals surface area contributed by atoms with Crippen molar-refractivity contribution >= 4 is 10.0 Å². The molecule has 2 aliphatic rings. The lowest BCUT2D eigenvalue weighted by molar-refractivity contribution is 0.297. The van der Waals surface area contributed by atoms with Crippen LogP contribution in [-0.2, 0) is 10.0 Å². The summed E-state index contributed by atoms with van der Waals surface area (Å²) in [6, 6.07) is 5.29. The third kappa shape index (κ3) is 5.33. The summed E-state index contributed by atoms with van der Waals surface area (Å²) in [5.41, 5.74) is 0. The highest BCUT2D eigenvalue weighted by Gasteiger charge is 2.18. The number of nitrogens with one attached hydrogen (secondary N) is 2. The van der Waals surface area contributed by atoms with Crippen LogP contribution in [0.5, 0.6) is 11.5 Å². The van der Waals surface area contributed by atoms with Crippen LogP contribution in [0.2, 0.25) is 0 Å². The molecule has 3 rings (SSSR count). The van der Waals surface area contributed by atoms with Crippen molar-refractivity contribution in [1.82, 2.24) is 10.0 Å². The van der Waals surface area contributed by atoms with Gasteiger partial charge in [0.1, 0.15) is 0 Å². The largest absolute Gasteiger partial charge is 0.490 e. The molecule has 6 nitrogen and oxygen atoms in total. The third-order valence-corrected chi connectivity index (χ3v) is 6.19. The Kier molecular flexibility index (Phi) is 6.56. The first-order chi connectivity index (χ1) is 12.1. The first kappa shape index (κ1) is 18.5. The molecule has 1 heterocycles. The molecule has 0 spiro atoms. The normalized spacial score (nSPS) is 19.2. The average molecular weight is 368 g/mol. The Balaban J connectivity index is 1.52. The summed E-state index contributed by atoms with van der Waals surface area (Å²) in [6.07, 6.45) is 8.33. The van der Waals surface area contributed by atoms with Crippen molar-refractivity contribution in [3.05, 3.63) is 18.2 Å². The molecule has 0 radical (unpaired) electrons. The molecule has 1 saturated carbocycles. The molecule has 1 aromatic rings. The number of hydrogen-bond donors (Lipinski definition) is 2. The molecule has 0 atom stereocenters. The van der Waals surface area contributed by atoms with Gasteiger partial charge in [0.05, 0.1) is 18.1 Å². The van der Waals surface area contributed by atoms with Gasteiger partial charge in [-0.3, -0.25) is 0 Å². The van der Waals surface area contributed by atoms with Crippen molar-refractivity contribution in [3.8, 4) is 11.5 Å². The number of sulfonamides is 1. The van der Waals surface area contributed by atoms with Gasteiger partial charge in [0.2, 0.25) is 10.0 Å². The Morgan fingerprint density at radius 1 is 0.920 bits per heavy atom. The van der Waals surface area contributed by atoms with Gasteiger partial charge in [-0.25, -0.2) is 13.1 Å². The third-order valence-electron chi connectivity index (χ3n) is 4.73. The lowest BCUT2D eigenvalue weighted by Gasteiger charge is -2.16. The van der Waals surface area contributed by atoms with Gasteiger partial charge in [-0.15, -0.1) is 0 Å². The molecule has 0 amide bonds. The summed E-state index contributed by atoms with van der Waals surface area (Å²) < 4.78 is 38.7. The van der Waals surface area contributed by atoms with Crippen molar-refractivity contribution in [2.75, 3.05) is 26.3 Å². The second kappa shape index (κ2) is 8.87. The maximum Gasteiger partial charge on any atom is 0.240 e. The zero-order valence-electron chi connectivity index (χ0n) is 14.6. The quantitative estimate of drug-likeness (QED) is 0.596. The summed E-state index contributed by atoms with van der Waals surface area (Å²) in [5, 5.41) is 3.47. The van der Waals surface area contributed by atoms with E-state index in [0.29, 0.717) is 43.8 Å². The summed E-state index contributed by atoms with van der Waals surface area (Å²) in [6.45, 7) is 2.15. The second-order valence-electron chi connectivity index (χ2n) is 6.70. The molecule has 0 aromatic heterocycles. The van der Waals surface area contributed by atoms with Crippen LogP contribution in [0.15, 0.2) is 23.1 Å². The summed E-state index contributed by atoms with van der Waals surface area (Å²) >= 11 is 0. The fourth-order valence-electron chi connectivity index (χ4n) is 3.34. The van der Waals surface area contributed by atoms with Gasteiger partial charge in [-0.2, -0.15) is 0 Å². The van der Waals surface area contributed by atoms with Crippen LogP contribution < -0.4 is 19.5 Å². The minimum absolute atomic E-state index is 0.214. The van der Waals surface area contributed by atoms with E-state index >= 15 is 0 Å². The monoisotopic (exact) mass is 368 g/mol. The van der Waals surface area contributed by atoms with E-state index in [-0.39, 0.29) is 4.90 Å². The van der Waals surface area contributed by atoms with Crippen LogP contribution in [0.25, 0.3) is 0 Å². The van der Waals surface area contributed by atoms with Gasteiger partial charge in [-0.05, 0) is 25.0 Å². The van der Waals surface area contributed by atoms with E-state index in [1.165, 1.54) is 38.5 Å². The summed E-state index contributed by atoms with van der Waals surface area (Å²) in [7, 11) is -3.54. The Hall–Kier alpha value is -1.31. The van der Waals surface area contributed by atoms with E-state index in [0.717, 1.165) is 6.42 Å². The van der Waals surface area contributed by atoms with Crippen LogP contribution in [0.4, 0.5) is 0 Å². The molecule has 0 unspecified atom stereocenters. The lowest BCUT2D eigenvalue weighted by atomic mass is 10.1. The fourth-order valence-corrected chi connectivity index (χ4v) is 4.39. The summed E-state index contributed by atoms with van der Waals surface area (Å²) in [5.74, 6) is 1.10. The van der Waals surface area contributed by atoms with Crippen LogP contribution in [0, 0.1) is 0 Å². The Bertz CT molecular complexity index is 655. The minimum atomic E-state index is -3.54. The smallest absolute Gasteiger partial charge is 0.240 e. The summed E-state index contributed by atoms with van der Waals surface area (Å²) in [4.78, 5) is 0.214. The van der Waals surface area contributed by atoms with Gasteiger partial charge >= 0.3 is 0 Å². The zero-order valence-corrected chi connectivity index (χ0v) is 15.4. The molecule has 25 heavy (non-hydrogen) atoms. The molecular weight excluding hydrogens is 340 g/mol. The molecule has 0 bridgehead atoms. The van der Waals surface area contributed by atoms with E-state index in [1.54, 1.807) is 18.2 Å². The molecular formula is C18H28N2O4S. The van der Waals surface area contributed by atoms with E-state index in [1.807, 2.05) is 0 Å². The minimum Gasteiger partial charge on any atom is -0.490 e. The SMILES string of the molecule is O=S(=O)(NCCNC1CCCCCC1)c1ccc2c(c1)OCCCO2. The molecule has 1 aliphatic carbocycles. The van der Waals surface area contributed by atoms with Crippen molar-refractivity contribution < 1.29 is 17.9 Å². The van der Waals surface area contributed by atoms with Gasteiger partial charge < -0.3 is 14.8 Å². The lowest BCUT2D eigenvalue weighted by Crippen LogP contribution is -2.36. The number of rotatable bonds is 6. The van der Waals surface area contributed by atoms with Gasteiger partial charge in [-0.1, -0.05) is 25.7 Å². The maximum atomic E-state index is 12.5. The standard InChI is InChI=1S/C18H28N2O4S/c21-25(22,20-11-10-19-15-6-3-1-2-4-7-15)16-8-9-17-18(14-16)24-13-5-12-23-17/h8-9,14-15,19-20H,1-7,10-13H2. The topological polar surface area (TPSA) is 76.7 Å². The van der Waals surface area contributed by atoms with Crippen LogP contribution in [-0.4, -0.2) is 40.8 Å². The Morgan fingerprint density at radius 3 is 2.40 bits per heavy atom. The number of benzene rings is 1. The van der Waals surface area contributed by atoms with E-state index < -0.39 is 10.0 Å². The van der Waals surface area contributed by atoms with Crippen molar-refractivity contribution in [2.45, 2.75) is 55.9 Å². The molecule has 0 saturated heterocycles. The molecule has 1 aliphatic heterocycles. The molecule has 1 fully saturated rings. The van der Waals surface area contributed by atoms with Gasteiger partial charge in [0.15, 0.2) is 11.5 Å². The Labute approximate surface area is 150 Å². The second-order valence-corrected chi connectivity index (χ2v) is 8.47. The highest BCUT2D eigenvalue weighted by atomic mass is 32.2. The maximum absolute atomic E-state index is 12.5. The van der Waals surface area contributed by atoms with Gasteiger partial charge in [0.25, 0.3) is 0 Å². The predicted octanol–water partition coefficient (Wildman–Crippen LogP) is 2.44. The van der Waals surface area contributed by atoms with Crippen LogP contribution in [0.3, 0.4) is 0 Å². The molecule has 2 N–H and O–H groups in total. The Morgan fingerprint density at radius 2 is 1.64 bits per heavy atom. The van der Waals surface area contributed by atoms with Crippen molar-refractivity contribution in [2.24, 2.45) is 0 Å². The molecule has 1 aromatic carbocycles. The first-order valence-corrected chi connectivity index (χ1v) is 10.8. The first-order valence-electron chi connectivity index (χ1n) is 9.28. The number of ether oxygens (including phenoxy) is 2. The highest BCUT2D eigenvalue weighted by molar-refractivity contribution is 7.89. The van der Waals surface area contributed by atoms with E-state index in [2.05, 4.69) is 10.0 Å². The zero-order chi connectivity index (χ0) is 17.5. The highest BCUT2D eigenvalue weighted by Crippen LogP contribution is 2.31. The number of hydrogen-bond acceptors (Lipinski definition) is 5. The van der Waals surface area contributed by atoms with Crippen LogP contribution in [0.1, 0.15) is 44.9 Å². The number of fused-ring (bicyclic) bond motifs is 1. The van der Waals surface area contributed by atoms with Crippen molar-refractivity contribution in [1.29, 1.82) is 0 Å². The predicted molar refractivity (Wildman–Crippen MR) is 96.7 cm³/mol. The van der Waals surface area contributed by atoms with Gasteiger partial charge in [0, 0.05) is 31.6 Å². The van der Waals surface area contributed by atoms with E-state index in [4.69, 9.17) is 9.47 Å². The van der Waals surface area contributed by atoms with E-state index in [9.17, 15) is 8.42 Å². The van der Waals surface area contributed by atoms with Crippen molar-refractivity contribution in [3.63, 3.8) is 0 Å². The molecule has 7 heteroatoms.